The second-order valence-corrected chi connectivity index (χ2v) is 6.53. The van der Waals surface area contributed by atoms with E-state index >= 15 is 0 Å². The molecule has 2 aliphatic heterocycles. The number of likely N-dealkylation sites (tertiary alicyclic amines) is 1. The van der Waals surface area contributed by atoms with E-state index in [-0.39, 0.29) is 17.9 Å². The highest BCUT2D eigenvalue weighted by atomic mass is 16.5. The van der Waals surface area contributed by atoms with E-state index < -0.39 is 0 Å². The molecule has 2 aromatic rings. The first kappa shape index (κ1) is 15.8. The van der Waals surface area contributed by atoms with Gasteiger partial charge in [0.1, 0.15) is 0 Å². The molecule has 2 saturated heterocycles. The van der Waals surface area contributed by atoms with Gasteiger partial charge in [-0.2, -0.15) is 4.98 Å². The van der Waals surface area contributed by atoms with Crippen LogP contribution in [0.3, 0.4) is 0 Å². The van der Waals surface area contributed by atoms with Crippen molar-refractivity contribution in [2.75, 3.05) is 18.0 Å². The zero-order chi connectivity index (χ0) is 17.4. The van der Waals surface area contributed by atoms with Gasteiger partial charge in [0.25, 0.3) is 5.91 Å². The smallest absolute Gasteiger partial charge is 0.254 e. The monoisotopic (exact) mass is 340 g/mol. The second kappa shape index (κ2) is 6.31. The van der Waals surface area contributed by atoms with Crippen LogP contribution in [-0.4, -0.2) is 39.9 Å². The van der Waals surface area contributed by atoms with Crippen molar-refractivity contribution in [1.82, 2.24) is 15.0 Å². The number of carbonyl (C=O) groups is 2. The number of hydrogen-bond donors (Lipinski definition) is 0. The first-order valence-electron chi connectivity index (χ1n) is 8.65. The van der Waals surface area contributed by atoms with Crippen LogP contribution in [0.2, 0.25) is 0 Å². The lowest BCUT2D eigenvalue weighted by atomic mass is 10.1. The second-order valence-electron chi connectivity index (χ2n) is 6.53. The fourth-order valence-electron chi connectivity index (χ4n) is 3.62. The average Bonchev–Trinajstić information content (AvgIpc) is 3.34. The molecule has 1 aromatic carbocycles. The van der Waals surface area contributed by atoms with Crippen LogP contribution in [0.1, 0.15) is 53.8 Å². The molecule has 0 bridgehead atoms. The molecule has 0 radical (unpaired) electrons. The quantitative estimate of drug-likeness (QED) is 0.857. The number of rotatable bonds is 3. The van der Waals surface area contributed by atoms with Gasteiger partial charge in [-0.3, -0.25) is 9.59 Å². The summed E-state index contributed by atoms with van der Waals surface area (Å²) in [5, 5.41) is 3.98. The molecule has 7 heteroatoms. The van der Waals surface area contributed by atoms with Crippen LogP contribution in [0, 0.1) is 6.92 Å². The van der Waals surface area contributed by atoms with Gasteiger partial charge >= 0.3 is 0 Å². The maximum absolute atomic E-state index is 13.0. The van der Waals surface area contributed by atoms with Crippen LogP contribution in [-0.2, 0) is 4.79 Å². The number of carbonyl (C=O) groups excluding carboxylic acids is 2. The molecular formula is C18H20N4O3. The zero-order valence-corrected chi connectivity index (χ0v) is 14.1. The van der Waals surface area contributed by atoms with Crippen molar-refractivity contribution in [3.63, 3.8) is 0 Å². The molecule has 0 spiro atoms. The maximum Gasteiger partial charge on any atom is 0.254 e. The lowest BCUT2D eigenvalue weighted by Crippen LogP contribution is -2.31. The minimum atomic E-state index is -0.151. The molecule has 0 N–H and O–H groups in total. The normalized spacial score (nSPS) is 20.5. The molecule has 2 amide bonds. The Hall–Kier alpha value is -2.70. The van der Waals surface area contributed by atoms with Crippen LogP contribution in [0.5, 0.6) is 0 Å². The topological polar surface area (TPSA) is 79.5 Å². The summed E-state index contributed by atoms with van der Waals surface area (Å²) in [4.78, 5) is 32.8. The Labute approximate surface area is 145 Å². The van der Waals surface area contributed by atoms with Crippen LogP contribution >= 0.6 is 0 Å². The summed E-state index contributed by atoms with van der Waals surface area (Å²) >= 11 is 0. The van der Waals surface area contributed by atoms with E-state index in [1.54, 1.807) is 22.8 Å². The first-order valence-corrected chi connectivity index (χ1v) is 8.65. The minimum absolute atomic E-state index is 0.0570. The van der Waals surface area contributed by atoms with Crippen LogP contribution in [0.15, 0.2) is 28.8 Å². The van der Waals surface area contributed by atoms with E-state index in [4.69, 9.17) is 4.52 Å². The third kappa shape index (κ3) is 2.90. The third-order valence-corrected chi connectivity index (χ3v) is 4.83. The lowest BCUT2D eigenvalue weighted by Gasteiger charge is -2.23. The van der Waals surface area contributed by atoms with E-state index in [0.717, 1.165) is 24.9 Å². The largest absolute Gasteiger partial charge is 0.340 e. The molecule has 7 nitrogen and oxygen atoms in total. The van der Waals surface area contributed by atoms with Gasteiger partial charge in [-0.05, 0) is 37.5 Å². The zero-order valence-electron chi connectivity index (χ0n) is 14.1. The summed E-state index contributed by atoms with van der Waals surface area (Å²) in [6, 6.07) is 7.16. The number of hydrogen-bond acceptors (Lipinski definition) is 5. The SMILES string of the molecule is Cc1nc(C2CCCN2C(=O)c2cccc(N3CCCC3=O)c2)no1. The molecule has 4 rings (SSSR count). The van der Waals surface area contributed by atoms with Crippen molar-refractivity contribution in [2.24, 2.45) is 0 Å². The van der Waals surface area contributed by atoms with Gasteiger partial charge < -0.3 is 14.3 Å². The van der Waals surface area contributed by atoms with Gasteiger partial charge in [0.15, 0.2) is 5.82 Å². The molecule has 1 unspecified atom stereocenters. The summed E-state index contributed by atoms with van der Waals surface area (Å²) < 4.78 is 5.07. The van der Waals surface area contributed by atoms with E-state index in [1.807, 2.05) is 18.2 Å². The van der Waals surface area contributed by atoms with Gasteiger partial charge in [0, 0.05) is 37.7 Å². The summed E-state index contributed by atoms with van der Waals surface area (Å²) in [7, 11) is 0. The Bertz CT molecular complexity index is 816. The molecular weight excluding hydrogens is 320 g/mol. The summed E-state index contributed by atoms with van der Waals surface area (Å²) in [5.41, 5.74) is 1.38. The molecule has 1 aromatic heterocycles. The number of anilines is 1. The summed E-state index contributed by atoms with van der Waals surface area (Å²) in [5.74, 6) is 1.13. The van der Waals surface area contributed by atoms with Crippen molar-refractivity contribution in [3.05, 3.63) is 41.5 Å². The third-order valence-electron chi connectivity index (χ3n) is 4.83. The highest BCUT2D eigenvalue weighted by Crippen LogP contribution is 2.32. The lowest BCUT2D eigenvalue weighted by molar-refractivity contribution is -0.117. The van der Waals surface area contributed by atoms with Crippen molar-refractivity contribution >= 4 is 17.5 Å². The minimum Gasteiger partial charge on any atom is -0.340 e. The van der Waals surface area contributed by atoms with E-state index in [9.17, 15) is 9.59 Å². The fourth-order valence-corrected chi connectivity index (χ4v) is 3.62. The van der Waals surface area contributed by atoms with Crippen LogP contribution in [0.4, 0.5) is 5.69 Å². The molecule has 0 aliphatic carbocycles. The Balaban J connectivity index is 1.59. The van der Waals surface area contributed by atoms with Crippen molar-refractivity contribution < 1.29 is 14.1 Å². The highest BCUT2D eigenvalue weighted by molar-refractivity contribution is 5.99. The molecule has 0 saturated carbocycles. The van der Waals surface area contributed by atoms with Gasteiger partial charge in [0.05, 0.1) is 6.04 Å². The van der Waals surface area contributed by atoms with Crippen molar-refractivity contribution in [1.29, 1.82) is 0 Å². The number of nitrogens with zero attached hydrogens (tertiary/aromatic N) is 4. The number of aryl methyl sites for hydroxylation is 1. The Morgan fingerprint density at radius 2 is 2.16 bits per heavy atom. The number of aromatic nitrogens is 2. The number of amides is 2. The van der Waals surface area contributed by atoms with Crippen molar-refractivity contribution in [2.45, 2.75) is 38.6 Å². The average molecular weight is 340 g/mol. The molecule has 3 heterocycles. The van der Waals surface area contributed by atoms with Gasteiger partial charge in [-0.25, -0.2) is 0 Å². The predicted octanol–water partition coefficient (Wildman–Crippen LogP) is 2.48. The van der Waals surface area contributed by atoms with Crippen LogP contribution < -0.4 is 4.90 Å². The predicted molar refractivity (Wildman–Crippen MR) is 90.1 cm³/mol. The Kier molecular flexibility index (Phi) is 3.99. The van der Waals surface area contributed by atoms with Gasteiger partial charge in [-0.15, -0.1) is 0 Å². The molecule has 1 atom stereocenters. The molecule has 2 aliphatic rings. The molecule has 2 fully saturated rings. The van der Waals surface area contributed by atoms with Crippen molar-refractivity contribution in [3.8, 4) is 0 Å². The number of benzene rings is 1. The van der Waals surface area contributed by atoms with Gasteiger partial charge in [-0.1, -0.05) is 11.2 Å². The highest BCUT2D eigenvalue weighted by Gasteiger charge is 2.34. The molecule has 130 valence electrons. The Morgan fingerprint density at radius 1 is 1.28 bits per heavy atom. The van der Waals surface area contributed by atoms with E-state index in [0.29, 0.717) is 36.8 Å². The standard InChI is InChI=1S/C18H20N4O3/c1-12-19-17(20-25-12)15-7-3-10-22(15)18(24)13-5-2-6-14(11-13)21-9-4-8-16(21)23/h2,5-6,11,15H,3-4,7-10H2,1H3. The van der Waals surface area contributed by atoms with E-state index in [1.165, 1.54) is 0 Å². The van der Waals surface area contributed by atoms with Gasteiger partial charge in [0.2, 0.25) is 11.8 Å². The maximum atomic E-state index is 13.0. The van der Waals surface area contributed by atoms with Crippen LogP contribution in [0.25, 0.3) is 0 Å². The molecule has 25 heavy (non-hydrogen) atoms. The van der Waals surface area contributed by atoms with E-state index in [2.05, 4.69) is 10.1 Å². The summed E-state index contributed by atoms with van der Waals surface area (Å²) in [6.07, 6.45) is 3.18. The fraction of sp³-hybridized carbons (Fsp3) is 0.444. The first-order chi connectivity index (χ1) is 12.1. The Morgan fingerprint density at radius 3 is 2.88 bits per heavy atom. The summed E-state index contributed by atoms with van der Waals surface area (Å²) in [6.45, 7) is 3.13.